The first kappa shape index (κ1) is 14.0. The Balaban J connectivity index is 2.33. The van der Waals surface area contributed by atoms with Gasteiger partial charge in [-0.3, -0.25) is 4.72 Å². The lowest BCUT2D eigenvalue weighted by Gasteiger charge is -2.10. The highest BCUT2D eigenvalue weighted by Gasteiger charge is 2.17. The fourth-order valence-electron chi connectivity index (χ4n) is 1.67. The van der Waals surface area contributed by atoms with Gasteiger partial charge in [-0.05, 0) is 43.2 Å². The second kappa shape index (κ2) is 5.32. The molecule has 0 saturated carbocycles. The molecule has 1 heterocycles. The Hall–Kier alpha value is -1.37. The van der Waals surface area contributed by atoms with E-state index in [9.17, 15) is 8.42 Å². The van der Waals surface area contributed by atoms with Crippen molar-refractivity contribution < 1.29 is 8.42 Å². The molecule has 0 radical (unpaired) electrons. The minimum absolute atomic E-state index is 0.286. The van der Waals surface area contributed by atoms with Crippen LogP contribution in [0.3, 0.4) is 0 Å². The van der Waals surface area contributed by atoms with Crippen molar-refractivity contribution in [2.75, 3.05) is 4.72 Å². The number of benzene rings is 1. The Morgan fingerprint density at radius 3 is 2.58 bits per heavy atom. The van der Waals surface area contributed by atoms with Crippen LogP contribution in [0.5, 0.6) is 0 Å². The van der Waals surface area contributed by atoms with Gasteiger partial charge in [-0.15, -0.1) is 11.3 Å². The average molecular weight is 296 g/mol. The van der Waals surface area contributed by atoms with Gasteiger partial charge in [0.2, 0.25) is 0 Å². The summed E-state index contributed by atoms with van der Waals surface area (Å²) in [6.07, 6.45) is 0. The Morgan fingerprint density at radius 1 is 1.21 bits per heavy atom. The SMILES string of the molecule is Cc1cccc(NS(=O)(=O)c2ccc(CN)s2)c1C. The van der Waals surface area contributed by atoms with Crippen molar-refractivity contribution in [2.24, 2.45) is 5.73 Å². The van der Waals surface area contributed by atoms with Crippen molar-refractivity contribution in [2.45, 2.75) is 24.6 Å². The molecule has 19 heavy (non-hydrogen) atoms. The highest BCUT2D eigenvalue weighted by molar-refractivity contribution is 7.94. The maximum Gasteiger partial charge on any atom is 0.271 e. The fraction of sp³-hybridized carbons (Fsp3) is 0.231. The molecule has 0 bridgehead atoms. The first-order chi connectivity index (χ1) is 8.94. The lowest BCUT2D eigenvalue weighted by molar-refractivity contribution is 0.603. The molecule has 1 aromatic heterocycles. The van der Waals surface area contributed by atoms with E-state index < -0.39 is 10.0 Å². The van der Waals surface area contributed by atoms with Crippen molar-refractivity contribution in [3.63, 3.8) is 0 Å². The van der Waals surface area contributed by atoms with E-state index >= 15 is 0 Å². The lowest BCUT2D eigenvalue weighted by Crippen LogP contribution is -2.12. The Labute approximate surface area is 117 Å². The van der Waals surface area contributed by atoms with E-state index in [1.54, 1.807) is 18.2 Å². The molecule has 0 aliphatic heterocycles. The smallest absolute Gasteiger partial charge is 0.271 e. The van der Waals surface area contributed by atoms with Gasteiger partial charge in [0.05, 0.1) is 5.69 Å². The Bertz CT molecular complexity index is 690. The molecule has 2 aromatic rings. The number of rotatable bonds is 4. The van der Waals surface area contributed by atoms with Gasteiger partial charge in [0.1, 0.15) is 4.21 Å². The zero-order valence-electron chi connectivity index (χ0n) is 10.8. The summed E-state index contributed by atoms with van der Waals surface area (Å²) in [7, 11) is -3.53. The molecule has 102 valence electrons. The molecule has 0 aliphatic carbocycles. The quantitative estimate of drug-likeness (QED) is 0.911. The van der Waals surface area contributed by atoms with Gasteiger partial charge in [0.25, 0.3) is 10.0 Å². The topological polar surface area (TPSA) is 72.2 Å². The largest absolute Gasteiger partial charge is 0.326 e. The van der Waals surface area contributed by atoms with Crippen LogP contribution in [-0.4, -0.2) is 8.42 Å². The van der Waals surface area contributed by atoms with Crippen LogP contribution < -0.4 is 10.5 Å². The molecular weight excluding hydrogens is 280 g/mol. The molecule has 0 unspecified atom stereocenters. The van der Waals surface area contributed by atoms with Gasteiger partial charge >= 0.3 is 0 Å². The van der Waals surface area contributed by atoms with E-state index in [1.807, 2.05) is 26.0 Å². The molecule has 3 N–H and O–H groups in total. The predicted octanol–water partition coefficient (Wildman–Crippen LogP) is 2.62. The van der Waals surface area contributed by atoms with Crippen LogP contribution in [0.1, 0.15) is 16.0 Å². The molecule has 2 rings (SSSR count). The molecule has 1 aromatic carbocycles. The number of hydrogen-bond donors (Lipinski definition) is 2. The first-order valence-electron chi connectivity index (χ1n) is 5.82. The van der Waals surface area contributed by atoms with Gasteiger partial charge < -0.3 is 5.73 Å². The third-order valence-corrected chi connectivity index (χ3v) is 5.92. The van der Waals surface area contributed by atoms with Crippen molar-refractivity contribution in [3.05, 3.63) is 46.3 Å². The van der Waals surface area contributed by atoms with Crippen LogP contribution in [0.2, 0.25) is 0 Å². The van der Waals surface area contributed by atoms with E-state index in [1.165, 1.54) is 11.3 Å². The number of aryl methyl sites for hydroxylation is 1. The minimum Gasteiger partial charge on any atom is -0.326 e. The van der Waals surface area contributed by atoms with Crippen molar-refractivity contribution >= 4 is 27.0 Å². The number of sulfonamides is 1. The maximum atomic E-state index is 12.3. The summed E-state index contributed by atoms with van der Waals surface area (Å²) >= 11 is 1.19. The van der Waals surface area contributed by atoms with E-state index in [4.69, 9.17) is 5.73 Å². The van der Waals surface area contributed by atoms with E-state index in [0.29, 0.717) is 12.2 Å². The van der Waals surface area contributed by atoms with Crippen LogP contribution in [0, 0.1) is 13.8 Å². The summed E-state index contributed by atoms with van der Waals surface area (Å²) in [5, 5.41) is 0. The van der Waals surface area contributed by atoms with Crippen molar-refractivity contribution in [3.8, 4) is 0 Å². The molecule has 0 saturated heterocycles. The number of hydrogen-bond acceptors (Lipinski definition) is 4. The highest BCUT2D eigenvalue weighted by Crippen LogP contribution is 2.26. The molecule has 0 spiro atoms. The van der Waals surface area contributed by atoms with E-state index in [0.717, 1.165) is 16.0 Å². The molecule has 0 atom stereocenters. The zero-order valence-corrected chi connectivity index (χ0v) is 12.4. The summed E-state index contributed by atoms with van der Waals surface area (Å²) in [5.41, 5.74) is 8.09. The van der Waals surface area contributed by atoms with Gasteiger partial charge in [-0.25, -0.2) is 8.42 Å². The van der Waals surface area contributed by atoms with Crippen LogP contribution in [-0.2, 0) is 16.6 Å². The summed E-state index contributed by atoms with van der Waals surface area (Å²) in [4.78, 5) is 0.848. The Morgan fingerprint density at radius 2 is 1.95 bits per heavy atom. The third kappa shape index (κ3) is 2.97. The standard InChI is InChI=1S/C13H16N2O2S2/c1-9-4-3-5-12(10(9)2)15-19(16,17)13-7-6-11(8-14)18-13/h3-7,15H,8,14H2,1-2H3. The van der Waals surface area contributed by atoms with E-state index in [-0.39, 0.29) is 4.21 Å². The van der Waals surface area contributed by atoms with Crippen LogP contribution in [0.15, 0.2) is 34.5 Å². The number of nitrogens with two attached hydrogens (primary N) is 1. The maximum absolute atomic E-state index is 12.3. The fourth-order valence-corrected chi connectivity index (χ4v) is 4.03. The first-order valence-corrected chi connectivity index (χ1v) is 8.12. The molecule has 6 heteroatoms. The molecule has 0 amide bonds. The summed E-state index contributed by atoms with van der Waals surface area (Å²) in [6.45, 7) is 4.20. The Kier molecular flexibility index (Phi) is 3.93. The van der Waals surface area contributed by atoms with Crippen molar-refractivity contribution in [1.29, 1.82) is 0 Å². The average Bonchev–Trinajstić information content (AvgIpc) is 2.84. The van der Waals surface area contributed by atoms with Crippen LogP contribution >= 0.6 is 11.3 Å². The van der Waals surface area contributed by atoms with Gasteiger partial charge in [0.15, 0.2) is 0 Å². The number of thiophene rings is 1. The predicted molar refractivity (Wildman–Crippen MR) is 78.9 cm³/mol. The summed E-state index contributed by atoms with van der Waals surface area (Å²) < 4.78 is 27.4. The van der Waals surface area contributed by atoms with Gasteiger partial charge in [-0.1, -0.05) is 12.1 Å². The normalized spacial score (nSPS) is 11.5. The number of nitrogens with one attached hydrogen (secondary N) is 1. The minimum atomic E-state index is -3.53. The lowest BCUT2D eigenvalue weighted by atomic mass is 10.1. The summed E-state index contributed by atoms with van der Waals surface area (Å²) in [6, 6.07) is 8.87. The second-order valence-corrected chi connectivity index (χ2v) is 7.36. The van der Waals surface area contributed by atoms with Crippen molar-refractivity contribution in [1.82, 2.24) is 0 Å². The highest BCUT2D eigenvalue weighted by atomic mass is 32.2. The molecule has 0 fully saturated rings. The number of anilines is 1. The van der Waals surface area contributed by atoms with Gasteiger partial charge in [-0.2, -0.15) is 0 Å². The van der Waals surface area contributed by atoms with Gasteiger partial charge in [0, 0.05) is 11.4 Å². The van der Waals surface area contributed by atoms with Crippen LogP contribution in [0.25, 0.3) is 0 Å². The molecular formula is C13H16N2O2S2. The van der Waals surface area contributed by atoms with Crippen LogP contribution in [0.4, 0.5) is 5.69 Å². The third-order valence-electron chi connectivity index (χ3n) is 2.95. The monoisotopic (exact) mass is 296 g/mol. The molecule has 0 aliphatic rings. The van der Waals surface area contributed by atoms with E-state index in [2.05, 4.69) is 4.72 Å². The summed E-state index contributed by atoms with van der Waals surface area (Å²) in [5.74, 6) is 0. The zero-order chi connectivity index (χ0) is 14.0. The molecule has 4 nitrogen and oxygen atoms in total. The second-order valence-electron chi connectivity index (χ2n) is 4.28.